The molecule has 0 spiro atoms. The highest BCUT2D eigenvalue weighted by molar-refractivity contribution is 6.30. The van der Waals surface area contributed by atoms with E-state index in [0.29, 0.717) is 11.6 Å². The van der Waals surface area contributed by atoms with Crippen LogP contribution in [0.3, 0.4) is 0 Å². The summed E-state index contributed by atoms with van der Waals surface area (Å²) in [5.41, 5.74) is 5.94. The van der Waals surface area contributed by atoms with E-state index >= 15 is 0 Å². The van der Waals surface area contributed by atoms with Gasteiger partial charge in [-0.15, -0.1) is 0 Å². The number of halogens is 1. The summed E-state index contributed by atoms with van der Waals surface area (Å²) in [6.07, 6.45) is -0.633. The Kier molecular flexibility index (Phi) is 6.63. The fourth-order valence-electron chi connectivity index (χ4n) is 4.82. The van der Waals surface area contributed by atoms with E-state index in [1.54, 1.807) is 0 Å². The number of cyclic esters (lactones) is 1. The van der Waals surface area contributed by atoms with E-state index < -0.39 is 0 Å². The zero-order chi connectivity index (χ0) is 22.6. The molecule has 1 amide bonds. The number of nitrogens with zero attached hydrogens (tertiary/aromatic N) is 1. The van der Waals surface area contributed by atoms with Crippen LogP contribution in [0.25, 0.3) is 11.1 Å². The summed E-state index contributed by atoms with van der Waals surface area (Å²) in [6, 6.07) is 25.1. The van der Waals surface area contributed by atoms with Crippen LogP contribution in [0.5, 0.6) is 0 Å². The summed E-state index contributed by atoms with van der Waals surface area (Å²) in [7, 11) is 0. The molecule has 3 aromatic carbocycles. The van der Waals surface area contributed by atoms with Gasteiger partial charge in [0.1, 0.15) is 6.10 Å². The number of alkyl carbamates (subject to hydrolysis) is 1. The Morgan fingerprint density at radius 3 is 2.42 bits per heavy atom. The summed E-state index contributed by atoms with van der Waals surface area (Å²) in [6.45, 7) is 5.37. The van der Waals surface area contributed by atoms with Gasteiger partial charge in [-0.1, -0.05) is 66.2 Å². The van der Waals surface area contributed by atoms with Crippen LogP contribution in [-0.2, 0) is 11.3 Å². The minimum Gasteiger partial charge on any atom is -0.443 e. The quantitative estimate of drug-likeness (QED) is 0.561. The Balaban J connectivity index is 1.59. The Bertz CT molecular complexity index is 1100. The van der Waals surface area contributed by atoms with Gasteiger partial charge >= 0.3 is 6.09 Å². The second-order valence-electron chi connectivity index (χ2n) is 8.66. The van der Waals surface area contributed by atoms with Crippen molar-refractivity contribution in [2.75, 3.05) is 32.7 Å². The maximum absolute atomic E-state index is 11.9. The average molecular weight is 462 g/mol. The maximum atomic E-state index is 11.9. The highest BCUT2D eigenvalue weighted by Crippen LogP contribution is 2.36. The zero-order valence-corrected chi connectivity index (χ0v) is 19.2. The fraction of sp³-hybridized carbons (Fsp3) is 0.296. The molecule has 0 aliphatic carbocycles. The van der Waals surface area contributed by atoms with Crippen molar-refractivity contribution in [1.29, 1.82) is 0 Å². The van der Waals surface area contributed by atoms with Gasteiger partial charge in [-0.2, -0.15) is 0 Å². The van der Waals surface area contributed by atoms with Gasteiger partial charge in [0.25, 0.3) is 0 Å². The first kappa shape index (κ1) is 22.0. The molecule has 2 aliphatic heterocycles. The summed E-state index contributed by atoms with van der Waals surface area (Å²) in [5.74, 6) is -0.0797. The molecule has 3 aromatic rings. The van der Waals surface area contributed by atoms with Crippen molar-refractivity contribution < 1.29 is 9.53 Å². The van der Waals surface area contributed by atoms with Crippen molar-refractivity contribution in [1.82, 2.24) is 15.5 Å². The summed E-state index contributed by atoms with van der Waals surface area (Å²) in [5, 5.41) is 6.96. The number of hydrogen-bond acceptors (Lipinski definition) is 4. The third kappa shape index (κ3) is 5.06. The van der Waals surface area contributed by atoms with Crippen LogP contribution in [0.2, 0.25) is 5.02 Å². The van der Waals surface area contributed by atoms with Crippen molar-refractivity contribution in [2.24, 2.45) is 0 Å². The molecule has 2 N–H and O–H groups in total. The summed E-state index contributed by atoms with van der Waals surface area (Å²) < 4.78 is 5.72. The lowest BCUT2D eigenvalue weighted by Gasteiger charge is -2.31. The number of ether oxygens (including phenoxy) is 1. The van der Waals surface area contributed by atoms with Crippen LogP contribution in [0.15, 0.2) is 72.8 Å². The molecule has 33 heavy (non-hydrogen) atoms. The smallest absolute Gasteiger partial charge is 0.407 e. The van der Waals surface area contributed by atoms with Gasteiger partial charge in [-0.25, -0.2) is 4.79 Å². The molecule has 2 saturated heterocycles. The highest BCUT2D eigenvalue weighted by atomic mass is 35.5. The third-order valence-electron chi connectivity index (χ3n) is 6.50. The van der Waals surface area contributed by atoms with Gasteiger partial charge in [0.15, 0.2) is 0 Å². The van der Waals surface area contributed by atoms with Gasteiger partial charge in [0, 0.05) is 43.7 Å². The van der Waals surface area contributed by atoms with Gasteiger partial charge in [0.05, 0.1) is 6.54 Å². The lowest BCUT2D eigenvalue weighted by Crippen LogP contribution is -2.43. The van der Waals surface area contributed by atoms with E-state index in [9.17, 15) is 4.79 Å². The molecule has 0 aromatic heterocycles. The number of nitrogens with one attached hydrogen (secondary N) is 2. The molecular formula is C27H28ClN3O2. The molecule has 2 heterocycles. The molecule has 5 nitrogen and oxygen atoms in total. The molecule has 170 valence electrons. The Hall–Kier alpha value is -2.86. The van der Waals surface area contributed by atoms with Crippen molar-refractivity contribution in [3.8, 4) is 11.1 Å². The topological polar surface area (TPSA) is 53.6 Å². The van der Waals surface area contributed by atoms with Crippen molar-refractivity contribution >= 4 is 17.7 Å². The predicted molar refractivity (Wildman–Crippen MR) is 132 cm³/mol. The van der Waals surface area contributed by atoms with E-state index in [-0.39, 0.29) is 18.1 Å². The number of hydrogen-bond donors (Lipinski definition) is 2. The molecule has 2 atom stereocenters. The summed E-state index contributed by atoms with van der Waals surface area (Å²) in [4.78, 5) is 14.4. The zero-order valence-electron chi connectivity index (χ0n) is 18.5. The number of rotatable bonds is 6. The van der Waals surface area contributed by atoms with Gasteiger partial charge < -0.3 is 15.4 Å². The number of carbonyl (C=O) groups excluding carboxylic acids is 1. The van der Waals surface area contributed by atoms with E-state index in [1.807, 2.05) is 30.3 Å². The first-order chi connectivity index (χ1) is 16.2. The van der Waals surface area contributed by atoms with Crippen LogP contribution in [0.1, 0.15) is 22.6 Å². The van der Waals surface area contributed by atoms with Crippen LogP contribution < -0.4 is 10.6 Å². The maximum Gasteiger partial charge on any atom is 0.407 e. The minimum atomic E-state index is -0.358. The standard InChI is InChI=1S/C27H28ClN3O2/c28-23-9-6-20(7-10-23)26(25-17-30-27(32)33-25)24-11-8-21(19-4-2-1-3-5-19)16-22(24)18-31-14-12-29-13-15-31/h1-11,16,25-26,29H,12-15,17-18H2,(H,30,32)/t25?,26-/m1/s1. The fourth-order valence-corrected chi connectivity index (χ4v) is 4.95. The molecule has 0 saturated carbocycles. The normalized spacial score (nSPS) is 19.7. The molecule has 2 aliphatic rings. The van der Waals surface area contributed by atoms with Crippen molar-refractivity contribution in [2.45, 2.75) is 18.6 Å². The van der Waals surface area contributed by atoms with E-state index in [0.717, 1.165) is 38.3 Å². The van der Waals surface area contributed by atoms with Crippen LogP contribution in [0.4, 0.5) is 4.79 Å². The monoisotopic (exact) mass is 461 g/mol. The first-order valence-corrected chi connectivity index (χ1v) is 11.9. The van der Waals surface area contributed by atoms with Crippen LogP contribution >= 0.6 is 11.6 Å². The van der Waals surface area contributed by atoms with Crippen molar-refractivity contribution in [3.05, 3.63) is 94.5 Å². The Morgan fingerprint density at radius 2 is 1.73 bits per heavy atom. The van der Waals surface area contributed by atoms with E-state index in [1.165, 1.54) is 22.3 Å². The number of benzene rings is 3. The molecular weight excluding hydrogens is 434 g/mol. The van der Waals surface area contributed by atoms with Crippen LogP contribution in [0, 0.1) is 0 Å². The van der Waals surface area contributed by atoms with Gasteiger partial charge in [0.2, 0.25) is 0 Å². The van der Waals surface area contributed by atoms with Gasteiger partial charge in [-0.05, 0) is 46.0 Å². The lowest BCUT2D eigenvalue weighted by molar-refractivity contribution is 0.131. The van der Waals surface area contributed by atoms with E-state index in [2.05, 4.69) is 58.0 Å². The largest absolute Gasteiger partial charge is 0.443 e. The first-order valence-electron chi connectivity index (χ1n) is 11.5. The lowest BCUT2D eigenvalue weighted by atomic mass is 9.82. The third-order valence-corrected chi connectivity index (χ3v) is 6.75. The van der Waals surface area contributed by atoms with Gasteiger partial charge in [-0.3, -0.25) is 4.90 Å². The average Bonchev–Trinajstić information content (AvgIpc) is 3.28. The van der Waals surface area contributed by atoms with Crippen molar-refractivity contribution in [3.63, 3.8) is 0 Å². The number of piperazine rings is 1. The number of carbonyl (C=O) groups is 1. The highest BCUT2D eigenvalue weighted by Gasteiger charge is 2.34. The second-order valence-corrected chi connectivity index (χ2v) is 9.10. The molecule has 2 fully saturated rings. The summed E-state index contributed by atoms with van der Waals surface area (Å²) >= 11 is 6.18. The molecule has 0 bridgehead atoms. The van der Waals surface area contributed by atoms with E-state index in [4.69, 9.17) is 16.3 Å². The SMILES string of the molecule is O=C1NCC([C@H](c2ccc(Cl)cc2)c2ccc(-c3ccccc3)cc2CN2CCNCC2)O1. The Morgan fingerprint density at radius 1 is 0.970 bits per heavy atom. The molecule has 5 rings (SSSR count). The predicted octanol–water partition coefficient (Wildman–Crippen LogP) is 4.65. The second kappa shape index (κ2) is 9.96. The molecule has 6 heteroatoms. The molecule has 0 radical (unpaired) electrons. The Labute approximate surface area is 199 Å². The minimum absolute atomic E-state index is 0.0797. The number of amides is 1. The van der Waals surface area contributed by atoms with Crippen LogP contribution in [-0.4, -0.2) is 49.8 Å². The molecule has 1 unspecified atom stereocenters.